The van der Waals surface area contributed by atoms with Crippen molar-refractivity contribution in [3.8, 4) is 11.5 Å². The second-order valence-corrected chi connectivity index (χ2v) is 6.82. The zero-order valence-corrected chi connectivity index (χ0v) is 17.2. The SMILES string of the molecule is CCCCN(CCCC)c1cc(C(=O)O)cc(NCC)c1Oc1ccccc1. The first-order valence-electron chi connectivity index (χ1n) is 10.2. The molecule has 5 heteroatoms. The van der Waals surface area contributed by atoms with E-state index >= 15 is 0 Å². The first-order valence-corrected chi connectivity index (χ1v) is 10.2. The number of carboxylic acids is 1. The van der Waals surface area contributed by atoms with Crippen LogP contribution >= 0.6 is 0 Å². The number of nitrogens with one attached hydrogen (secondary N) is 1. The van der Waals surface area contributed by atoms with Crippen LogP contribution in [-0.2, 0) is 0 Å². The van der Waals surface area contributed by atoms with E-state index < -0.39 is 5.97 Å². The number of rotatable bonds is 12. The van der Waals surface area contributed by atoms with Crippen molar-refractivity contribution in [2.75, 3.05) is 29.9 Å². The van der Waals surface area contributed by atoms with Gasteiger partial charge in [0.1, 0.15) is 5.75 Å². The predicted octanol–water partition coefficient (Wildman–Crippen LogP) is 6.02. The quantitative estimate of drug-likeness (QED) is 0.469. The number of ether oxygens (including phenoxy) is 1. The van der Waals surface area contributed by atoms with Crippen molar-refractivity contribution >= 4 is 17.3 Å². The smallest absolute Gasteiger partial charge is 0.335 e. The summed E-state index contributed by atoms with van der Waals surface area (Å²) in [6.45, 7) is 8.74. The number of benzene rings is 2. The van der Waals surface area contributed by atoms with Crippen LogP contribution in [0.1, 0.15) is 56.8 Å². The van der Waals surface area contributed by atoms with Gasteiger partial charge in [-0.1, -0.05) is 44.9 Å². The van der Waals surface area contributed by atoms with Crippen LogP contribution in [0.3, 0.4) is 0 Å². The van der Waals surface area contributed by atoms with Crippen molar-refractivity contribution < 1.29 is 14.6 Å². The standard InChI is InChI=1S/C23H32N2O3/c1-4-7-14-25(15-8-5-2)21-17-18(23(26)27)16-20(24-6-3)22(21)28-19-12-10-9-11-13-19/h9-13,16-17,24H,4-8,14-15H2,1-3H3,(H,26,27). The Morgan fingerprint density at radius 1 is 1.04 bits per heavy atom. The second-order valence-electron chi connectivity index (χ2n) is 6.82. The molecule has 0 aliphatic rings. The fourth-order valence-corrected chi connectivity index (χ4v) is 3.06. The minimum atomic E-state index is -0.933. The monoisotopic (exact) mass is 384 g/mol. The van der Waals surface area contributed by atoms with Crippen LogP contribution in [0, 0.1) is 0 Å². The highest BCUT2D eigenvalue weighted by Crippen LogP contribution is 2.41. The summed E-state index contributed by atoms with van der Waals surface area (Å²) in [6, 6.07) is 13.0. The Bertz CT molecular complexity index is 739. The lowest BCUT2D eigenvalue weighted by Gasteiger charge is -2.28. The Balaban J connectivity index is 2.57. The molecule has 0 bridgehead atoms. The molecule has 0 aliphatic carbocycles. The van der Waals surface area contributed by atoms with Gasteiger partial charge in [-0.05, 0) is 44.0 Å². The fraction of sp³-hybridized carbons (Fsp3) is 0.435. The molecule has 152 valence electrons. The van der Waals surface area contributed by atoms with Crippen LogP contribution in [0.4, 0.5) is 11.4 Å². The molecule has 0 radical (unpaired) electrons. The lowest BCUT2D eigenvalue weighted by molar-refractivity contribution is 0.0697. The van der Waals surface area contributed by atoms with Gasteiger partial charge in [0.2, 0.25) is 0 Å². The van der Waals surface area contributed by atoms with E-state index in [0.29, 0.717) is 18.0 Å². The number of hydrogen-bond donors (Lipinski definition) is 2. The molecule has 2 rings (SSSR count). The predicted molar refractivity (Wildman–Crippen MR) is 116 cm³/mol. The Morgan fingerprint density at radius 2 is 1.68 bits per heavy atom. The molecular formula is C23H32N2O3. The molecular weight excluding hydrogens is 352 g/mol. The number of hydrogen-bond acceptors (Lipinski definition) is 4. The van der Waals surface area contributed by atoms with Gasteiger partial charge in [0.25, 0.3) is 0 Å². The van der Waals surface area contributed by atoms with Gasteiger partial charge in [0, 0.05) is 19.6 Å². The average molecular weight is 385 g/mol. The highest BCUT2D eigenvalue weighted by molar-refractivity contribution is 5.92. The number of unbranched alkanes of at least 4 members (excludes halogenated alkanes) is 2. The molecule has 2 N–H and O–H groups in total. The van der Waals surface area contributed by atoms with Gasteiger partial charge >= 0.3 is 5.97 Å². The van der Waals surface area contributed by atoms with Gasteiger partial charge in [0.15, 0.2) is 5.75 Å². The number of nitrogens with zero attached hydrogens (tertiary/aromatic N) is 1. The lowest BCUT2D eigenvalue weighted by atomic mass is 10.1. The van der Waals surface area contributed by atoms with Crippen LogP contribution in [0.2, 0.25) is 0 Å². The van der Waals surface area contributed by atoms with Crippen molar-refractivity contribution in [3.05, 3.63) is 48.0 Å². The van der Waals surface area contributed by atoms with E-state index in [1.165, 1.54) is 0 Å². The van der Waals surface area contributed by atoms with Crippen molar-refractivity contribution in [2.45, 2.75) is 46.5 Å². The fourth-order valence-electron chi connectivity index (χ4n) is 3.06. The molecule has 2 aromatic carbocycles. The summed E-state index contributed by atoms with van der Waals surface area (Å²) in [5, 5.41) is 12.9. The van der Waals surface area contributed by atoms with Gasteiger partial charge in [-0.25, -0.2) is 4.79 Å². The molecule has 2 aromatic rings. The molecule has 0 aromatic heterocycles. The summed E-state index contributed by atoms with van der Waals surface area (Å²) >= 11 is 0. The largest absolute Gasteiger partial charge is 0.478 e. The Morgan fingerprint density at radius 3 is 2.21 bits per heavy atom. The Labute approximate surface area is 168 Å². The summed E-state index contributed by atoms with van der Waals surface area (Å²) in [4.78, 5) is 14.0. The topological polar surface area (TPSA) is 61.8 Å². The lowest BCUT2D eigenvalue weighted by Crippen LogP contribution is -2.26. The van der Waals surface area contributed by atoms with Gasteiger partial charge in [-0.2, -0.15) is 0 Å². The molecule has 0 amide bonds. The van der Waals surface area contributed by atoms with Crippen LogP contribution in [0.25, 0.3) is 0 Å². The normalized spacial score (nSPS) is 10.5. The summed E-state index contributed by atoms with van der Waals surface area (Å²) in [7, 11) is 0. The maximum atomic E-state index is 11.7. The number of carbonyl (C=O) groups is 1. The maximum Gasteiger partial charge on any atom is 0.335 e. The van der Waals surface area contributed by atoms with E-state index in [0.717, 1.165) is 50.2 Å². The Hall–Kier alpha value is -2.69. The summed E-state index contributed by atoms with van der Waals surface area (Å²) < 4.78 is 6.27. The molecule has 0 unspecified atom stereocenters. The van der Waals surface area contributed by atoms with E-state index in [1.807, 2.05) is 37.3 Å². The molecule has 0 saturated carbocycles. The first-order chi connectivity index (χ1) is 13.6. The van der Waals surface area contributed by atoms with Crippen LogP contribution in [0.5, 0.6) is 11.5 Å². The third-order valence-corrected chi connectivity index (χ3v) is 4.55. The molecule has 0 atom stereocenters. The van der Waals surface area contributed by atoms with Crippen molar-refractivity contribution in [1.82, 2.24) is 0 Å². The number of aromatic carboxylic acids is 1. The zero-order valence-electron chi connectivity index (χ0n) is 17.2. The maximum absolute atomic E-state index is 11.7. The number of para-hydroxylation sites is 1. The molecule has 28 heavy (non-hydrogen) atoms. The van der Waals surface area contributed by atoms with E-state index in [-0.39, 0.29) is 5.56 Å². The van der Waals surface area contributed by atoms with Crippen molar-refractivity contribution in [1.29, 1.82) is 0 Å². The van der Waals surface area contributed by atoms with Gasteiger partial charge < -0.3 is 20.1 Å². The third kappa shape index (κ3) is 5.91. The molecule has 0 fully saturated rings. The minimum absolute atomic E-state index is 0.268. The zero-order chi connectivity index (χ0) is 20.4. The van der Waals surface area contributed by atoms with E-state index in [9.17, 15) is 9.90 Å². The van der Waals surface area contributed by atoms with Crippen LogP contribution < -0.4 is 15.0 Å². The highest BCUT2D eigenvalue weighted by atomic mass is 16.5. The molecule has 0 heterocycles. The minimum Gasteiger partial charge on any atom is -0.478 e. The molecule has 0 spiro atoms. The van der Waals surface area contributed by atoms with E-state index in [4.69, 9.17) is 4.74 Å². The summed E-state index contributed by atoms with van der Waals surface area (Å²) in [6.07, 6.45) is 4.25. The van der Waals surface area contributed by atoms with E-state index in [2.05, 4.69) is 24.1 Å². The summed E-state index contributed by atoms with van der Waals surface area (Å²) in [5.74, 6) is 0.486. The second kappa shape index (κ2) is 11.2. The van der Waals surface area contributed by atoms with Gasteiger partial charge in [-0.3, -0.25) is 0 Å². The molecule has 0 aliphatic heterocycles. The number of anilines is 2. The molecule has 0 saturated heterocycles. The third-order valence-electron chi connectivity index (χ3n) is 4.55. The highest BCUT2D eigenvalue weighted by Gasteiger charge is 2.20. The molecule has 5 nitrogen and oxygen atoms in total. The first kappa shape index (κ1) is 21.6. The van der Waals surface area contributed by atoms with Crippen molar-refractivity contribution in [2.24, 2.45) is 0 Å². The van der Waals surface area contributed by atoms with Gasteiger partial charge in [0.05, 0.1) is 16.9 Å². The average Bonchev–Trinajstić information content (AvgIpc) is 2.70. The van der Waals surface area contributed by atoms with E-state index in [1.54, 1.807) is 12.1 Å². The van der Waals surface area contributed by atoms with Gasteiger partial charge in [-0.15, -0.1) is 0 Å². The Kier molecular flexibility index (Phi) is 8.66. The van der Waals surface area contributed by atoms with Crippen LogP contribution in [0.15, 0.2) is 42.5 Å². The summed E-state index contributed by atoms with van der Waals surface area (Å²) in [5.41, 5.74) is 1.81. The van der Waals surface area contributed by atoms with Crippen molar-refractivity contribution in [3.63, 3.8) is 0 Å². The van der Waals surface area contributed by atoms with Crippen LogP contribution in [-0.4, -0.2) is 30.7 Å². The number of carboxylic acid groups (broad SMARTS) is 1.